The Hall–Kier alpha value is -2.69. The van der Waals surface area contributed by atoms with Crippen molar-refractivity contribution in [3.63, 3.8) is 0 Å². The molecule has 2 N–H and O–H groups in total. The third kappa shape index (κ3) is 4.72. The Kier molecular flexibility index (Phi) is 6.63. The van der Waals surface area contributed by atoms with Crippen molar-refractivity contribution in [1.29, 1.82) is 0 Å². The predicted molar refractivity (Wildman–Crippen MR) is 125 cm³/mol. The summed E-state index contributed by atoms with van der Waals surface area (Å²) in [6.45, 7) is 3.63. The number of benzene rings is 2. The summed E-state index contributed by atoms with van der Waals surface area (Å²) in [5, 5.41) is 2.82. The molecule has 1 aromatic heterocycles. The van der Waals surface area contributed by atoms with Gasteiger partial charge in [-0.2, -0.15) is 0 Å². The zero-order valence-electron chi connectivity index (χ0n) is 17.7. The van der Waals surface area contributed by atoms with Gasteiger partial charge in [0, 0.05) is 19.7 Å². The van der Waals surface area contributed by atoms with E-state index in [4.69, 9.17) is 4.74 Å². The van der Waals surface area contributed by atoms with Crippen molar-refractivity contribution < 1.29 is 17.9 Å². The minimum absolute atomic E-state index is 0.0123. The molecule has 2 aromatic carbocycles. The zero-order chi connectivity index (χ0) is 22.7. The number of amides is 1. The van der Waals surface area contributed by atoms with E-state index < -0.39 is 10.0 Å². The summed E-state index contributed by atoms with van der Waals surface area (Å²) in [4.78, 5) is 24.8. The topological polar surface area (TPSA) is 107 Å². The molecular weight excluding hydrogens is 450 g/mol. The number of fused-ring (bicyclic) bond motifs is 1. The van der Waals surface area contributed by atoms with Gasteiger partial charge in [0.15, 0.2) is 0 Å². The number of nitrogens with one attached hydrogen (secondary N) is 2. The van der Waals surface area contributed by atoms with Crippen LogP contribution >= 0.6 is 11.3 Å². The van der Waals surface area contributed by atoms with E-state index in [1.807, 2.05) is 6.92 Å². The van der Waals surface area contributed by atoms with Gasteiger partial charge in [0.1, 0.15) is 0 Å². The zero-order valence-corrected chi connectivity index (χ0v) is 19.3. The third-order valence-corrected chi connectivity index (χ3v) is 7.63. The number of para-hydroxylation sites is 1. The largest absolute Gasteiger partial charge is 0.376 e. The number of nitrogens with zero attached hydrogens (tertiary/aromatic N) is 1. The number of rotatable bonds is 8. The first kappa shape index (κ1) is 22.5. The van der Waals surface area contributed by atoms with E-state index >= 15 is 0 Å². The molecule has 1 atom stereocenters. The SMILES string of the molecule is CCCn1c(=O)sc2cc(S(=O)(=O)Nc3ccccc3C(=O)NC[C@@H]3CCCO3)ccc21. The first-order valence-electron chi connectivity index (χ1n) is 10.5. The number of carbonyl (C=O) groups excluding carboxylic acids is 1. The molecule has 1 aliphatic rings. The number of sulfonamides is 1. The normalized spacial score (nSPS) is 16.3. The molecule has 0 radical (unpaired) electrons. The minimum atomic E-state index is -3.97. The van der Waals surface area contributed by atoms with Crippen LogP contribution in [0.4, 0.5) is 5.69 Å². The van der Waals surface area contributed by atoms with Crippen molar-refractivity contribution in [2.75, 3.05) is 17.9 Å². The van der Waals surface area contributed by atoms with Crippen molar-refractivity contribution in [1.82, 2.24) is 9.88 Å². The lowest BCUT2D eigenvalue weighted by molar-refractivity contribution is 0.0858. The van der Waals surface area contributed by atoms with E-state index in [-0.39, 0.29) is 33.0 Å². The average molecular weight is 476 g/mol. The van der Waals surface area contributed by atoms with Crippen LogP contribution < -0.4 is 14.9 Å². The number of hydrogen-bond acceptors (Lipinski definition) is 6. The highest BCUT2D eigenvalue weighted by molar-refractivity contribution is 7.92. The highest BCUT2D eigenvalue weighted by Gasteiger charge is 2.21. The number of carbonyl (C=O) groups is 1. The van der Waals surface area contributed by atoms with Gasteiger partial charge in [0.2, 0.25) is 0 Å². The van der Waals surface area contributed by atoms with E-state index in [9.17, 15) is 18.0 Å². The fraction of sp³-hybridized carbons (Fsp3) is 0.364. The summed E-state index contributed by atoms with van der Waals surface area (Å²) in [6.07, 6.45) is 2.65. The second kappa shape index (κ2) is 9.43. The summed E-state index contributed by atoms with van der Waals surface area (Å²) in [6, 6.07) is 11.1. The van der Waals surface area contributed by atoms with Gasteiger partial charge in [-0.15, -0.1) is 0 Å². The molecule has 1 fully saturated rings. The lowest BCUT2D eigenvalue weighted by Gasteiger charge is -2.14. The Morgan fingerprint density at radius 3 is 2.81 bits per heavy atom. The Morgan fingerprint density at radius 1 is 1.25 bits per heavy atom. The summed E-state index contributed by atoms with van der Waals surface area (Å²) in [7, 11) is -3.97. The van der Waals surface area contributed by atoms with E-state index in [2.05, 4.69) is 10.0 Å². The number of hydrogen-bond donors (Lipinski definition) is 2. The van der Waals surface area contributed by atoms with Gasteiger partial charge in [0.25, 0.3) is 15.9 Å². The summed E-state index contributed by atoms with van der Waals surface area (Å²) < 4.78 is 36.4. The van der Waals surface area contributed by atoms with E-state index in [0.717, 1.165) is 36.1 Å². The predicted octanol–water partition coefficient (Wildman–Crippen LogP) is 3.18. The van der Waals surface area contributed by atoms with Gasteiger partial charge in [-0.05, 0) is 49.6 Å². The molecule has 1 aliphatic heterocycles. The van der Waals surface area contributed by atoms with Crippen LogP contribution in [0.2, 0.25) is 0 Å². The van der Waals surface area contributed by atoms with Gasteiger partial charge >= 0.3 is 4.87 Å². The first-order valence-corrected chi connectivity index (χ1v) is 12.8. The van der Waals surface area contributed by atoms with Crippen LogP contribution in [0.3, 0.4) is 0 Å². The maximum atomic E-state index is 13.1. The van der Waals surface area contributed by atoms with Crippen LogP contribution in [0.1, 0.15) is 36.5 Å². The second-order valence-electron chi connectivity index (χ2n) is 7.65. The number of ether oxygens (including phenoxy) is 1. The van der Waals surface area contributed by atoms with E-state index in [1.165, 1.54) is 12.1 Å². The average Bonchev–Trinajstić information content (AvgIpc) is 3.40. The summed E-state index contributed by atoms with van der Waals surface area (Å²) in [5.74, 6) is -0.371. The van der Waals surface area contributed by atoms with Crippen molar-refractivity contribution in [3.05, 3.63) is 57.7 Å². The van der Waals surface area contributed by atoms with Gasteiger partial charge in [-0.3, -0.25) is 18.9 Å². The molecule has 32 heavy (non-hydrogen) atoms. The number of anilines is 1. The molecule has 1 saturated heterocycles. The number of thiazole rings is 1. The summed E-state index contributed by atoms with van der Waals surface area (Å²) in [5.41, 5.74) is 1.14. The Balaban J connectivity index is 1.57. The van der Waals surface area contributed by atoms with E-state index in [0.29, 0.717) is 24.4 Å². The monoisotopic (exact) mass is 475 g/mol. The second-order valence-corrected chi connectivity index (χ2v) is 10.3. The lowest BCUT2D eigenvalue weighted by Crippen LogP contribution is -2.32. The van der Waals surface area contributed by atoms with Crippen LogP contribution in [0.5, 0.6) is 0 Å². The quantitative estimate of drug-likeness (QED) is 0.520. The molecule has 170 valence electrons. The van der Waals surface area contributed by atoms with Gasteiger partial charge in [0.05, 0.1) is 32.5 Å². The van der Waals surface area contributed by atoms with Gasteiger partial charge in [-0.1, -0.05) is 30.4 Å². The molecule has 0 bridgehead atoms. The molecule has 0 unspecified atom stereocenters. The molecular formula is C22H25N3O5S2. The fourth-order valence-electron chi connectivity index (χ4n) is 3.73. The molecule has 8 nitrogen and oxygen atoms in total. The Bertz CT molecular complexity index is 1290. The third-order valence-electron chi connectivity index (χ3n) is 5.33. The maximum absolute atomic E-state index is 13.1. The molecule has 1 amide bonds. The standard InChI is InChI=1S/C22H25N3O5S2/c1-2-11-25-19-10-9-16(13-20(19)31-22(25)27)32(28,29)24-18-8-4-3-7-17(18)21(26)23-14-15-6-5-12-30-15/h3-4,7-10,13,15,24H,2,5-6,11-12,14H2,1H3,(H,23,26)/t15-/m0/s1. The van der Waals surface area contributed by atoms with Gasteiger partial charge < -0.3 is 10.1 Å². The highest BCUT2D eigenvalue weighted by Crippen LogP contribution is 2.25. The highest BCUT2D eigenvalue weighted by atomic mass is 32.2. The van der Waals surface area contributed by atoms with Crippen LogP contribution in [-0.2, 0) is 21.3 Å². The Morgan fingerprint density at radius 2 is 2.06 bits per heavy atom. The fourth-order valence-corrected chi connectivity index (χ4v) is 5.87. The number of aromatic nitrogens is 1. The number of aryl methyl sites for hydroxylation is 1. The minimum Gasteiger partial charge on any atom is -0.376 e. The maximum Gasteiger partial charge on any atom is 0.308 e. The first-order chi connectivity index (χ1) is 15.4. The molecule has 10 heteroatoms. The van der Waals surface area contributed by atoms with Crippen molar-refractivity contribution in [2.45, 2.75) is 43.7 Å². The van der Waals surface area contributed by atoms with Crippen LogP contribution in [-0.4, -0.2) is 38.1 Å². The Labute approximate surface area is 190 Å². The smallest absolute Gasteiger partial charge is 0.308 e. The molecule has 3 aromatic rings. The molecule has 2 heterocycles. The van der Waals surface area contributed by atoms with Crippen LogP contribution in [0.25, 0.3) is 10.2 Å². The van der Waals surface area contributed by atoms with Crippen molar-refractivity contribution in [3.8, 4) is 0 Å². The molecule has 0 aliphatic carbocycles. The van der Waals surface area contributed by atoms with E-state index in [1.54, 1.807) is 34.9 Å². The van der Waals surface area contributed by atoms with Crippen molar-refractivity contribution >= 4 is 43.2 Å². The molecule has 0 spiro atoms. The lowest BCUT2D eigenvalue weighted by atomic mass is 10.1. The van der Waals surface area contributed by atoms with Crippen LogP contribution in [0, 0.1) is 0 Å². The van der Waals surface area contributed by atoms with Gasteiger partial charge in [-0.25, -0.2) is 8.42 Å². The molecule has 4 rings (SSSR count). The van der Waals surface area contributed by atoms with Crippen molar-refractivity contribution in [2.24, 2.45) is 0 Å². The molecule has 0 saturated carbocycles. The summed E-state index contributed by atoms with van der Waals surface area (Å²) >= 11 is 1.02. The van der Waals surface area contributed by atoms with Crippen LogP contribution in [0.15, 0.2) is 52.2 Å².